The molecule has 0 aliphatic carbocycles. The van der Waals surface area contributed by atoms with Gasteiger partial charge in [0.05, 0.1) is 10.2 Å². The minimum atomic E-state index is -1.51. The third kappa shape index (κ3) is 3.27. The maximum Gasteiger partial charge on any atom is 0.342 e. The molecule has 0 spiro atoms. The van der Waals surface area contributed by atoms with Crippen LogP contribution in [0.5, 0.6) is 0 Å². The van der Waals surface area contributed by atoms with E-state index in [1.54, 1.807) is 21.3 Å². The molecule has 0 fully saturated rings. The zero-order chi connectivity index (χ0) is 16.7. The van der Waals surface area contributed by atoms with Crippen LogP contribution in [0.25, 0.3) is 0 Å². The third-order valence-electron chi connectivity index (χ3n) is 4.52. The Hall–Kier alpha value is 0.194. The lowest BCUT2D eigenvalue weighted by molar-refractivity contribution is -0.497. The lowest BCUT2D eigenvalue weighted by atomic mass is 9.98. The normalized spacial score (nSPS) is 17.9. The van der Waals surface area contributed by atoms with Crippen LogP contribution in [0.3, 0.4) is 0 Å². The van der Waals surface area contributed by atoms with E-state index in [0.29, 0.717) is 15.8 Å². The molecule has 0 aliphatic rings. The first-order valence-corrected chi connectivity index (χ1v) is 9.31. The second-order valence-electron chi connectivity index (χ2n) is 5.19. The number of hydrogen-bond donors (Lipinski definition) is 0. The van der Waals surface area contributed by atoms with Crippen molar-refractivity contribution in [1.82, 2.24) is 0 Å². The predicted octanol–water partition coefficient (Wildman–Crippen LogP) is -0.769. The molecule has 2 unspecified atom stereocenters. The number of rotatable bonds is 11. The molecule has 0 aromatic heterocycles. The fourth-order valence-corrected chi connectivity index (χ4v) is 5.26. The van der Waals surface area contributed by atoms with E-state index in [-0.39, 0.29) is 0 Å². The smallest absolute Gasteiger partial charge is 0.342 e. The molecule has 0 aromatic carbocycles. The standard InChI is InChI=1S/C13H32O6Si2/c1-8-9-10(20)11(21,14-2)12(15-3,16-4)13(17-5,18-6)19-7/h10H,8-9H2,1-7,20-21H3. The summed E-state index contributed by atoms with van der Waals surface area (Å²) in [5.74, 6) is -2.83. The maximum atomic E-state index is 5.92. The highest BCUT2D eigenvalue weighted by Gasteiger charge is 2.68. The molecule has 0 N–H and O–H groups in total. The summed E-state index contributed by atoms with van der Waals surface area (Å²) in [6.07, 6.45) is 2.08. The first-order valence-electron chi connectivity index (χ1n) is 7.16. The van der Waals surface area contributed by atoms with Gasteiger partial charge in [-0.25, -0.2) is 0 Å². The summed E-state index contributed by atoms with van der Waals surface area (Å²) in [7, 11) is 10.9. The van der Waals surface area contributed by atoms with Crippen LogP contribution in [0, 0.1) is 0 Å². The lowest BCUT2D eigenvalue weighted by Gasteiger charge is -2.54. The van der Waals surface area contributed by atoms with E-state index in [1.165, 1.54) is 21.3 Å². The van der Waals surface area contributed by atoms with Gasteiger partial charge < -0.3 is 28.4 Å². The number of hydrogen-bond acceptors (Lipinski definition) is 6. The van der Waals surface area contributed by atoms with Gasteiger partial charge in [0, 0.05) is 52.9 Å². The summed E-state index contributed by atoms with van der Waals surface area (Å²) < 4.78 is 34.1. The van der Waals surface area contributed by atoms with Gasteiger partial charge in [0.25, 0.3) is 5.79 Å². The third-order valence-corrected chi connectivity index (χ3v) is 9.41. The summed E-state index contributed by atoms with van der Waals surface area (Å²) in [5, 5.41) is -0.666. The predicted molar refractivity (Wildman–Crippen MR) is 88.8 cm³/mol. The summed E-state index contributed by atoms with van der Waals surface area (Å²) in [6, 6.07) is 0. The second-order valence-corrected chi connectivity index (χ2v) is 8.07. The van der Waals surface area contributed by atoms with Crippen LogP contribution in [0.2, 0.25) is 5.54 Å². The first-order chi connectivity index (χ1) is 9.85. The van der Waals surface area contributed by atoms with Gasteiger partial charge in [0.1, 0.15) is 5.22 Å². The molecule has 0 aliphatic heterocycles. The van der Waals surface area contributed by atoms with Crippen LogP contribution >= 0.6 is 0 Å². The number of methoxy groups -OCH3 is 6. The van der Waals surface area contributed by atoms with Crippen molar-refractivity contribution >= 4 is 20.5 Å². The quantitative estimate of drug-likeness (QED) is 0.364. The Morgan fingerprint density at radius 2 is 1.24 bits per heavy atom. The molecular formula is C13H32O6Si2. The largest absolute Gasteiger partial charge is 0.377 e. The van der Waals surface area contributed by atoms with Crippen molar-refractivity contribution in [3.63, 3.8) is 0 Å². The minimum absolute atomic E-state index is 0.305. The van der Waals surface area contributed by atoms with E-state index in [4.69, 9.17) is 28.4 Å². The summed E-state index contributed by atoms with van der Waals surface area (Å²) in [5.41, 5.74) is 0.305. The second kappa shape index (κ2) is 8.73. The van der Waals surface area contributed by atoms with Gasteiger partial charge in [-0.15, -0.1) is 0 Å². The van der Waals surface area contributed by atoms with E-state index in [1.807, 2.05) is 0 Å². The zero-order valence-corrected chi connectivity index (χ0v) is 18.9. The Morgan fingerprint density at radius 3 is 1.48 bits per heavy atom. The molecule has 0 bridgehead atoms. The molecule has 0 radical (unpaired) electrons. The van der Waals surface area contributed by atoms with Gasteiger partial charge >= 0.3 is 5.97 Å². The van der Waals surface area contributed by atoms with Crippen molar-refractivity contribution in [2.24, 2.45) is 0 Å². The van der Waals surface area contributed by atoms with E-state index >= 15 is 0 Å². The van der Waals surface area contributed by atoms with Crippen molar-refractivity contribution in [3.05, 3.63) is 0 Å². The van der Waals surface area contributed by atoms with Gasteiger partial charge in [-0.2, -0.15) is 0 Å². The maximum absolute atomic E-state index is 5.92. The van der Waals surface area contributed by atoms with Crippen molar-refractivity contribution in [3.8, 4) is 0 Å². The molecule has 0 saturated carbocycles. The Labute approximate surface area is 134 Å². The molecular weight excluding hydrogens is 308 g/mol. The molecule has 6 nitrogen and oxygen atoms in total. The fraction of sp³-hybridized carbons (Fsp3) is 1.00. The Morgan fingerprint density at radius 1 is 0.810 bits per heavy atom. The van der Waals surface area contributed by atoms with Gasteiger partial charge in [-0.1, -0.05) is 19.8 Å². The van der Waals surface area contributed by atoms with Crippen molar-refractivity contribution in [2.75, 3.05) is 42.7 Å². The molecule has 0 amide bonds. The van der Waals surface area contributed by atoms with Gasteiger partial charge in [0.2, 0.25) is 0 Å². The lowest BCUT2D eigenvalue weighted by Crippen LogP contribution is -2.74. The van der Waals surface area contributed by atoms with Gasteiger partial charge in [-0.3, -0.25) is 0 Å². The fourth-order valence-electron chi connectivity index (χ4n) is 3.06. The molecule has 0 rings (SSSR count). The average Bonchev–Trinajstić information content (AvgIpc) is 2.52. The molecule has 8 heteroatoms. The molecule has 0 aromatic rings. The zero-order valence-electron chi connectivity index (χ0n) is 14.9. The van der Waals surface area contributed by atoms with Crippen molar-refractivity contribution in [2.45, 2.75) is 42.3 Å². The topological polar surface area (TPSA) is 55.4 Å². The molecule has 0 heterocycles. The summed E-state index contributed by atoms with van der Waals surface area (Å²) in [6.45, 7) is 2.15. The Bertz CT molecular complexity index is 288. The minimum Gasteiger partial charge on any atom is -0.377 e. The average molecular weight is 341 g/mol. The highest BCUT2D eigenvalue weighted by atomic mass is 28.2. The SMILES string of the molecule is CCCC([SiH3])C([SiH3])(OC)C(OC)(OC)C(OC)(OC)OC. The van der Waals surface area contributed by atoms with E-state index in [2.05, 4.69) is 6.92 Å². The first kappa shape index (κ1) is 21.2. The monoisotopic (exact) mass is 340 g/mol. The van der Waals surface area contributed by atoms with Crippen LogP contribution in [-0.2, 0) is 28.4 Å². The van der Waals surface area contributed by atoms with Crippen LogP contribution in [0.4, 0.5) is 0 Å². The highest BCUT2D eigenvalue weighted by Crippen LogP contribution is 2.46. The Kier molecular flexibility index (Phi) is 8.81. The molecule has 128 valence electrons. The van der Waals surface area contributed by atoms with Crippen molar-refractivity contribution < 1.29 is 28.4 Å². The van der Waals surface area contributed by atoms with Crippen molar-refractivity contribution in [1.29, 1.82) is 0 Å². The van der Waals surface area contributed by atoms with Gasteiger partial charge in [-0.05, 0) is 5.54 Å². The number of ether oxygens (including phenoxy) is 6. The van der Waals surface area contributed by atoms with Gasteiger partial charge in [0.15, 0.2) is 0 Å². The van der Waals surface area contributed by atoms with Crippen LogP contribution < -0.4 is 0 Å². The van der Waals surface area contributed by atoms with E-state index in [0.717, 1.165) is 23.1 Å². The van der Waals surface area contributed by atoms with E-state index in [9.17, 15) is 0 Å². The molecule has 2 atom stereocenters. The van der Waals surface area contributed by atoms with Crippen LogP contribution in [0.1, 0.15) is 19.8 Å². The van der Waals surface area contributed by atoms with E-state index < -0.39 is 17.0 Å². The molecule has 0 saturated heterocycles. The van der Waals surface area contributed by atoms with Crippen LogP contribution in [0.15, 0.2) is 0 Å². The van der Waals surface area contributed by atoms with Crippen LogP contribution in [-0.4, -0.2) is 80.1 Å². The highest BCUT2D eigenvalue weighted by molar-refractivity contribution is 6.24. The summed E-state index contributed by atoms with van der Waals surface area (Å²) in [4.78, 5) is 0. The summed E-state index contributed by atoms with van der Waals surface area (Å²) >= 11 is 0. The molecule has 21 heavy (non-hydrogen) atoms. The Balaban J connectivity index is 6.13.